The van der Waals surface area contributed by atoms with Crippen LogP contribution in [0, 0.1) is 17.8 Å². The summed E-state index contributed by atoms with van der Waals surface area (Å²) >= 11 is 0. The molecule has 0 heterocycles. The molecule has 1 aliphatic carbocycles. The predicted octanol–water partition coefficient (Wildman–Crippen LogP) is 3.06. The third-order valence-corrected chi connectivity index (χ3v) is 3.57. The summed E-state index contributed by atoms with van der Waals surface area (Å²) in [5.41, 5.74) is 0. The molecule has 0 bridgehead atoms. The highest BCUT2D eigenvalue weighted by molar-refractivity contribution is 4.75. The molecule has 2 atom stereocenters. The van der Waals surface area contributed by atoms with Crippen molar-refractivity contribution in [3.05, 3.63) is 0 Å². The Morgan fingerprint density at radius 3 is 2.69 bits per heavy atom. The summed E-state index contributed by atoms with van der Waals surface area (Å²) in [6.45, 7) is 5.96. The van der Waals surface area contributed by atoms with Crippen molar-refractivity contribution in [1.82, 2.24) is 5.32 Å². The van der Waals surface area contributed by atoms with E-state index in [1.807, 2.05) is 0 Å². The number of hydrogen-bond acceptors (Lipinski definition) is 1. The number of rotatable bonds is 4. The van der Waals surface area contributed by atoms with Gasteiger partial charge in [0.15, 0.2) is 0 Å². The maximum atomic E-state index is 3.26. The van der Waals surface area contributed by atoms with Crippen LogP contribution in [-0.4, -0.2) is 13.6 Å². The molecular weight excluding hydrogens is 158 g/mol. The summed E-state index contributed by atoms with van der Waals surface area (Å²) in [6, 6.07) is 0. The second-order valence-electron chi connectivity index (χ2n) is 4.93. The number of hydrogen-bond donors (Lipinski definition) is 1. The van der Waals surface area contributed by atoms with Crippen molar-refractivity contribution in [3.8, 4) is 0 Å². The minimum Gasteiger partial charge on any atom is -0.320 e. The lowest BCUT2D eigenvalue weighted by Gasteiger charge is -2.31. The van der Waals surface area contributed by atoms with Crippen molar-refractivity contribution in [2.75, 3.05) is 13.6 Å². The van der Waals surface area contributed by atoms with Gasteiger partial charge in [-0.1, -0.05) is 33.1 Å². The summed E-state index contributed by atoms with van der Waals surface area (Å²) in [7, 11) is 2.06. The maximum absolute atomic E-state index is 3.26. The van der Waals surface area contributed by atoms with Crippen LogP contribution in [0.25, 0.3) is 0 Å². The summed E-state index contributed by atoms with van der Waals surface area (Å²) in [4.78, 5) is 0. The molecule has 1 nitrogen and oxygen atoms in total. The van der Waals surface area contributed by atoms with Gasteiger partial charge in [-0.25, -0.2) is 0 Å². The minimum absolute atomic E-state index is 0.900. The SMILES string of the molecule is CNCCC1CCCC(C(C)C)C1. The van der Waals surface area contributed by atoms with Gasteiger partial charge in [-0.15, -0.1) is 0 Å². The lowest BCUT2D eigenvalue weighted by atomic mass is 9.75. The Hall–Kier alpha value is -0.0400. The van der Waals surface area contributed by atoms with E-state index in [0.717, 1.165) is 17.8 Å². The molecule has 0 aromatic heterocycles. The highest BCUT2D eigenvalue weighted by atomic mass is 14.8. The van der Waals surface area contributed by atoms with Crippen molar-refractivity contribution >= 4 is 0 Å². The first-order valence-electron chi connectivity index (χ1n) is 5.88. The van der Waals surface area contributed by atoms with E-state index in [-0.39, 0.29) is 0 Å². The maximum Gasteiger partial charge on any atom is -0.00493 e. The first-order valence-corrected chi connectivity index (χ1v) is 5.88. The van der Waals surface area contributed by atoms with Crippen LogP contribution >= 0.6 is 0 Å². The normalized spacial score (nSPS) is 29.5. The molecule has 78 valence electrons. The van der Waals surface area contributed by atoms with Gasteiger partial charge in [0.1, 0.15) is 0 Å². The van der Waals surface area contributed by atoms with Crippen LogP contribution in [0.15, 0.2) is 0 Å². The van der Waals surface area contributed by atoms with E-state index in [1.54, 1.807) is 0 Å². The van der Waals surface area contributed by atoms with Crippen LogP contribution in [0.5, 0.6) is 0 Å². The third kappa shape index (κ3) is 3.68. The Morgan fingerprint density at radius 2 is 2.08 bits per heavy atom. The zero-order valence-corrected chi connectivity index (χ0v) is 9.47. The van der Waals surface area contributed by atoms with Crippen molar-refractivity contribution in [2.24, 2.45) is 17.8 Å². The van der Waals surface area contributed by atoms with E-state index in [9.17, 15) is 0 Å². The molecule has 0 aliphatic heterocycles. The van der Waals surface area contributed by atoms with Crippen molar-refractivity contribution in [1.29, 1.82) is 0 Å². The molecule has 0 spiro atoms. The lowest BCUT2D eigenvalue weighted by molar-refractivity contribution is 0.207. The van der Waals surface area contributed by atoms with E-state index in [1.165, 1.54) is 38.6 Å². The monoisotopic (exact) mass is 183 g/mol. The molecule has 13 heavy (non-hydrogen) atoms. The Balaban J connectivity index is 2.25. The molecule has 0 aromatic rings. The fourth-order valence-electron chi connectivity index (χ4n) is 2.55. The van der Waals surface area contributed by atoms with Gasteiger partial charge in [-0.05, 0) is 44.2 Å². The van der Waals surface area contributed by atoms with Gasteiger partial charge in [0, 0.05) is 0 Å². The molecule has 0 radical (unpaired) electrons. The van der Waals surface area contributed by atoms with E-state index in [4.69, 9.17) is 0 Å². The van der Waals surface area contributed by atoms with Gasteiger partial charge in [0.25, 0.3) is 0 Å². The minimum atomic E-state index is 0.900. The molecule has 1 fully saturated rings. The average Bonchev–Trinajstić information content (AvgIpc) is 2.15. The van der Waals surface area contributed by atoms with Gasteiger partial charge >= 0.3 is 0 Å². The smallest absolute Gasteiger partial charge is 0.00493 e. The second-order valence-corrected chi connectivity index (χ2v) is 4.93. The van der Waals surface area contributed by atoms with Gasteiger partial charge in [-0.2, -0.15) is 0 Å². The zero-order chi connectivity index (χ0) is 9.68. The Kier molecular flexibility index (Phi) is 4.79. The third-order valence-electron chi connectivity index (χ3n) is 3.57. The quantitative estimate of drug-likeness (QED) is 0.706. The summed E-state index contributed by atoms with van der Waals surface area (Å²) in [6.07, 6.45) is 7.30. The molecule has 1 N–H and O–H groups in total. The Labute approximate surface area is 83.3 Å². The van der Waals surface area contributed by atoms with Crippen LogP contribution in [0.4, 0.5) is 0 Å². The van der Waals surface area contributed by atoms with Crippen molar-refractivity contribution < 1.29 is 0 Å². The highest BCUT2D eigenvalue weighted by Crippen LogP contribution is 2.34. The molecule has 1 rings (SSSR count). The van der Waals surface area contributed by atoms with E-state index in [2.05, 4.69) is 26.2 Å². The summed E-state index contributed by atoms with van der Waals surface area (Å²) in [5, 5.41) is 3.26. The molecule has 0 aromatic carbocycles. The van der Waals surface area contributed by atoms with Crippen LogP contribution in [0.1, 0.15) is 46.0 Å². The standard InChI is InChI=1S/C12H25N/c1-10(2)12-6-4-5-11(9-12)7-8-13-3/h10-13H,4-9H2,1-3H3. The molecule has 1 aliphatic rings. The van der Waals surface area contributed by atoms with Gasteiger partial charge < -0.3 is 5.32 Å². The molecule has 2 unspecified atom stereocenters. The van der Waals surface area contributed by atoms with Gasteiger partial charge in [0.2, 0.25) is 0 Å². The zero-order valence-electron chi connectivity index (χ0n) is 9.47. The topological polar surface area (TPSA) is 12.0 Å². The van der Waals surface area contributed by atoms with Crippen molar-refractivity contribution in [2.45, 2.75) is 46.0 Å². The molecule has 0 amide bonds. The van der Waals surface area contributed by atoms with E-state index >= 15 is 0 Å². The fourth-order valence-corrected chi connectivity index (χ4v) is 2.55. The van der Waals surface area contributed by atoms with E-state index in [0.29, 0.717) is 0 Å². The number of nitrogens with one attached hydrogen (secondary N) is 1. The highest BCUT2D eigenvalue weighted by Gasteiger charge is 2.23. The fraction of sp³-hybridized carbons (Fsp3) is 1.00. The van der Waals surface area contributed by atoms with E-state index < -0.39 is 0 Å². The first-order chi connectivity index (χ1) is 6.24. The van der Waals surface area contributed by atoms with Crippen LogP contribution in [0.3, 0.4) is 0 Å². The van der Waals surface area contributed by atoms with Crippen LogP contribution < -0.4 is 5.32 Å². The predicted molar refractivity (Wildman–Crippen MR) is 58.8 cm³/mol. The molecular formula is C12H25N. The lowest BCUT2D eigenvalue weighted by Crippen LogP contribution is -2.22. The second kappa shape index (κ2) is 5.64. The summed E-state index contributed by atoms with van der Waals surface area (Å²) in [5.74, 6) is 2.92. The molecule has 1 heteroatoms. The first kappa shape index (κ1) is 11.0. The molecule has 1 saturated carbocycles. The van der Waals surface area contributed by atoms with Crippen LogP contribution in [-0.2, 0) is 0 Å². The Bertz CT molecular complexity index is 131. The van der Waals surface area contributed by atoms with Gasteiger partial charge in [-0.3, -0.25) is 0 Å². The average molecular weight is 183 g/mol. The van der Waals surface area contributed by atoms with Crippen LogP contribution in [0.2, 0.25) is 0 Å². The Morgan fingerprint density at radius 1 is 1.31 bits per heavy atom. The van der Waals surface area contributed by atoms with Gasteiger partial charge in [0.05, 0.1) is 0 Å². The molecule has 0 saturated heterocycles. The summed E-state index contributed by atoms with van der Waals surface area (Å²) < 4.78 is 0. The largest absolute Gasteiger partial charge is 0.320 e. The van der Waals surface area contributed by atoms with Crippen molar-refractivity contribution in [3.63, 3.8) is 0 Å².